The quantitative estimate of drug-likeness (QED) is 0.856. The van der Waals surface area contributed by atoms with Crippen LogP contribution in [-0.2, 0) is 11.2 Å². The fourth-order valence-corrected chi connectivity index (χ4v) is 1.50. The molecule has 0 amide bonds. The highest BCUT2D eigenvalue weighted by Crippen LogP contribution is 2.31. The van der Waals surface area contributed by atoms with Crippen molar-refractivity contribution in [1.82, 2.24) is 4.98 Å². The highest BCUT2D eigenvalue weighted by molar-refractivity contribution is 5.74. The SMILES string of the molecule is CC(C)C(C)(Cc1cncc(F)c1)C(=O)O. The van der Waals surface area contributed by atoms with Crippen molar-refractivity contribution in [3.63, 3.8) is 0 Å². The molecule has 0 aliphatic heterocycles. The van der Waals surface area contributed by atoms with E-state index < -0.39 is 17.2 Å². The third-order valence-electron chi connectivity index (χ3n) is 3.10. The largest absolute Gasteiger partial charge is 0.481 e. The van der Waals surface area contributed by atoms with Crippen LogP contribution < -0.4 is 0 Å². The summed E-state index contributed by atoms with van der Waals surface area (Å²) in [6.07, 6.45) is 2.90. The average Bonchev–Trinajstić information content (AvgIpc) is 2.16. The summed E-state index contributed by atoms with van der Waals surface area (Å²) < 4.78 is 12.9. The number of carboxylic acid groups (broad SMARTS) is 1. The molecule has 1 N–H and O–H groups in total. The first-order valence-corrected chi connectivity index (χ1v) is 5.19. The second-order valence-electron chi connectivity index (χ2n) is 4.57. The molecule has 1 atom stereocenters. The number of aromatic nitrogens is 1. The summed E-state index contributed by atoms with van der Waals surface area (Å²) in [7, 11) is 0. The van der Waals surface area contributed by atoms with Crippen molar-refractivity contribution in [1.29, 1.82) is 0 Å². The first-order chi connectivity index (χ1) is 7.36. The number of aliphatic carboxylic acids is 1. The van der Waals surface area contributed by atoms with Gasteiger partial charge in [-0.2, -0.15) is 0 Å². The van der Waals surface area contributed by atoms with Gasteiger partial charge in [-0.3, -0.25) is 9.78 Å². The van der Waals surface area contributed by atoms with Gasteiger partial charge in [0.25, 0.3) is 0 Å². The molecular formula is C12H16FNO2. The fraction of sp³-hybridized carbons (Fsp3) is 0.500. The predicted octanol–water partition coefficient (Wildman–Crippen LogP) is 2.51. The molecule has 0 radical (unpaired) electrons. The van der Waals surface area contributed by atoms with E-state index in [2.05, 4.69) is 4.98 Å². The van der Waals surface area contributed by atoms with Crippen LogP contribution in [0.1, 0.15) is 26.3 Å². The van der Waals surface area contributed by atoms with Gasteiger partial charge in [0, 0.05) is 6.20 Å². The summed E-state index contributed by atoms with van der Waals surface area (Å²) in [6.45, 7) is 5.37. The molecule has 1 heterocycles. The van der Waals surface area contributed by atoms with Crippen LogP contribution in [-0.4, -0.2) is 16.1 Å². The Morgan fingerprint density at radius 3 is 2.62 bits per heavy atom. The Bertz CT molecular complexity index is 392. The summed E-state index contributed by atoms with van der Waals surface area (Å²) in [5, 5.41) is 9.22. The molecule has 1 unspecified atom stereocenters. The molecule has 0 saturated heterocycles. The molecule has 0 aromatic carbocycles. The number of hydrogen-bond donors (Lipinski definition) is 1. The molecule has 1 aromatic heterocycles. The monoisotopic (exact) mass is 225 g/mol. The maximum absolute atomic E-state index is 12.9. The van der Waals surface area contributed by atoms with Gasteiger partial charge in [-0.05, 0) is 30.9 Å². The summed E-state index contributed by atoms with van der Waals surface area (Å²) >= 11 is 0. The second-order valence-corrected chi connectivity index (χ2v) is 4.57. The Labute approximate surface area is 94.3 Å². The average molecular weight is 225 g/mol. The van der Waals surface area contributed by atoms with Crippen molar-refractivity contribution >= 4 is 5.97 Å². The molecule has 88 valence electrons. The smallest absolute Gasteiger partial charge is 0.309 e. The molecule has 0 spiro atoms. The third-order valence-corrected chi connectivity index (χ3v) is 3.10. The van der Waals surface area contributed by atoms with Crippen molar-refractivity contribution < 1.29 is 14.3 Å². The fourth-order valence-electron chi connectivity index (χ4n) is 1.50. The van der Waals surface area contributed by atoms with E-state index in [1.165, 1.54) is 12.3 Å². The third kappa shape index (κ3) is 2.56. The molecule has 0 saturated carbocycles. The minimum absolute atomic E-state index is 0.0340. The van der Waals surface area contributed by atoms with Gasteiger partial charge in [0.1, 0.15) is 5.82 Å². The highest BCUT2D eigenvalue weighted by atomic mass is 19.1. The predicted molar refractivity (Wildman–Crippen MR) is 58.5 cm³/mol. The van der Waals surface area contributed by atoms with Crippen LogP contribution in [0.15, 0.2) is 18.5 Å². The lowest BCUT2D eigenvalue weighted by Gasteiger charge is -2.28. The maximum atomic E-state index is 12.9. The number of rotatable bonds is 4. The number of pyridine rings is 1. The van der Waals surface area contributed by atoms with Crippen LogP contribution in [0, 0.1) is 17.2 Å². The first-order valence-electron chi connectivity index (χ1n) is 5.19. The normalized spacial score (nSPS) is 14.8. The summed E-state index contributed by atoms with van der Waals surface area (Å²) in [6, 6.07) is 1.33. The minimum Gasteiger partial charge on any atom is -0.481 e. The van der Waals surface area contributed by atoms with E-state index in [1.807, 2.05) is 13.8 Å². The van der Waals surface area contributed by atoms with Gasteiger partial charge in [0.15, 0.2) is 0 Å². The van der Waals surface area contributed by atoms with Crippen LogP contribution >= 0.6 is 0 Å². The van der Waals surface area contributed by atoms with E-state index in [0.717, 1.165) is 6.20 Å². The van der Waals surface area contributed by atoms with E-state index in [4.69, 9.17) is 0 Å². The standard InChI is InChI=1S/C12H16FNO2/c1-8(2)12(3,11(15)16)5-9-4-10(13)7-14-6-9/h4,6-8H,5H2,1-3H3,(H,15,16). The van der Waals surface area contributed by atoms with Gasteiger partial charge in [0.05, 0.1) is 11.6 Å². The van der Waals surface area contributed by atoms with Gasteiger partial charge in [-0.15, -0.1) is 0 Å². The van der Waals surface area contributed by atoms with Crippen molar-refractivity contribution in [3.05, 3.63) is 29.8 Å². The molecule has 0 aliphatic rings. The molecule has 0 aliphatic carbocycles. The molecule has 4 heteroatoms. The number of carbonyl (C=O) groups is 1. The lowest BCUT2D eigenvalue weighted by Crippen LogP contribution is -2.35. The molecule has 1 rings (SSSR count). The lowest BCUT2D eigenvalue weighted by molar-refractivity contribution is -0.150. The van der Waals surface area contributed by atoms with Crippen molar-refractivity contribution in [2.24, 2.45) is 11.3 Å². The number of hydrogen-bond acceptors (Lipinski definition) is 2. The second kappa shape index (κ2) is 4.60. The molecule has 1 aromatic rings. The van der Waals surface area contributed by atoms with Crippen molar-refractivity contribution in [2.75, 3.05) is 0 Å². The topological polar surface area (TPSA) is 50.2 Å². The summed E-state index contributed by atoms with van der Waals surface area (Å²) in [5.41, 5.74) is -0.284. The van der Waals surface area contributed by atoms with Gasteiger partial charge in [-0.25, -0.2) is 4.39 Å². The molecular weight excluding hydrogens is 209 g/mol. The number of carboxylic acids is 1. The molecule has 0 bridgehead atoms. The van der Waals surface area contributed by atoms with Gasteiger partial charge < -0.3 is 5.11 Å². The van der Waals surface area contributed by atoms with Crippen LogP contribution in [0.3, 0.4) is 0 Å². The van der Waals surface area contributed by atoms with Crippen LogP contribution in [0.5, 0.6) is 0 Å². The zero-order chi connectivity index (χ0) is 12.3. The van der Waals surface area contributed by atoms with Gasteiger partial charge in [-0.1, -0.05) is 13.8 Å². The first kappa shape index (κ1) is 12.6. The molecule has 3 nitrogen and oxygen atoms in total. The Hall–Kier alpha value is -1.45. The number of halogens is 1. The highest BCUT2D eigenvalue weighted by Gasteiger charge is 2.36. The van der Waals surface area contributed by atoms with Gasteiger partial charge in [0.2, 0.25) is 0 Å². The van der Waals surface area contributed by atoms with E-state index in [0.29, 0.717) is 5.56 Å². The lowest BCUT2D eigenvalue weighted by atomic mass is 9.75. The van der Waals surface area contributed by atoms with Crippen LogP contribution in [0.4, 0.5) is 4.39 Å². The van der Waals surface area contributed by atoms with E-state index >= 15 is 0 Å². The molecule has 16 heavy (non-hydrogen) atoms. The van der Waals surface area contributed by atoms with Crippen molar-refractivity contribution in [2.45, 2.75) is 27.2 Å². The van der Waals surface area contributed by atoms with Crippen molar-refractivity contribution in [3.8, 4) is 0 Å². The molecule has 0 fully saturated rings. The van der Waals surface area contributed by atoms with E-state index in [1.54, 1.807) is 6.92 Å². The summed E-state index contributed by atoms with van der Waals surface area (Å²) in [5.74, 6) is -1.34. The van der Waals surface area contributed by atoms with E-state index in [9.17, 15) is 14.3 Å². The zero-order valence-corrected chi connectivity index (χ0v) is 9.70. The number of nitrogens with zero attached hydrogens (tertiary/aromatic N) is 1. The Kier molecular flexibility index (Phi) is 3.62. The van der Waals surface area contributed by atoms with Gasteiger partial charge >= 0.3 is 5.97 Å². The Morgan fingerprint density at radius 1 is 1.56 bits per heavy atom. The van der Waals surface area contributed by atoms with Crippen LogP contribution in [0.2, 0.25) is 0 Å². The summed E-state index contributed by atoms with van der Waals surface area (Å²) in [4.78, 5) is 15.0. The maximum Gasteiger partial charge on any atom is 0.309 e. The van der Waals surface area contributed by atoms with Crippen LogP contribution in [0.25, 0.3) is 0 Å². The Balaban J connectivity index is 2.97. The Morgan fingerprint density at radius 2 is 2.19 bits per heavy atom. The minimum atomic E-state index is -0.893. The zero-order valence-electron chi connectivity index (χ0n) is 9.70. The van der Waals surface area contributed by atoms with E-state index in [-0.39, 0.29) is 12.3 Å².